The lowest BCUT2D eigenvalue weighted by molar-refractivity contribution is 0.332. The molecule has 1 N–H and O–H groups in total. The highest BCUT2D eigenvalue weighted by Gasteiger charge is 1.85. The van der Waals surface area contributed by atoms with Crippen LogP contribution in [0.15, 0.2) is 35.6 Å². The molecule has 0 heterocycles. The van der Waals surface area contributed by atoms with Crippen molar-refractivity contribution in [1.82, 2.24) is 0 Å². The molecule has 1 aromatic carbocycles. The molecule has 1 rings (SSSR count). The molecule has 0 atom stereocenters. The van der Waals surface area contributed by atoms with Crippen molar-refractivity contribution >= 4 is 6.08 Å². The Bertz CT molecular complexity index is 327. The maximum atomic E-state index is 8.74. The van der Waals surface area contributed by atoms with Gasteiger partial charge in [-0.2, -0.15) is 0 Å². The Balaban J connectivity index is 2.86. The third-order valence-corrected chi connectivity index (χ3v) is 1.80. The van der Waals surface area contributed by atoms with Crippen LogP contribution in [0, 0.1) is 6.92 Å². The van der Waals surface area contributed by atoms with Crippen molar-refractivity contribution in [2.45, 2.75) is 13.8 Å². The maximum absolute atomic E-state index is 8.74. The molecule has 0 aliphatic rings. The molecule has 0 fully saturated rings. The summed E-state index contributed by atoms with van der Waals surface area (Å²) >= 11 is 0. The summed E-state index contributed by atoms with van der Waals surface area (Å²) in [5, 5.41) is 8.74. The molecular weight excluding hydrogens is 160 g/mol. The van der Waals surface area contributed by atoms with E-state index in [0.29, 0.717) is 0 Å². The first-order valence-corrected chi connectivity index (χ1v) is 4.32. The van der Waals surface area contributed by atoms with Crippen LogP contribution >= 0.6 is 0 Å². The Kier molecular flexibility index (Phi) is 3.51. The van der Waals surface area contributed by atoms with Gasteiger partial charge in [-0.3, -0.25) is 0 Å². The zero-order valence-corrected chi connectivity index (χ0v) is 8.04. The van der Waals surface area contributed by atoms with E-state index in [1.54, 1.807) is 0 Å². The SMILES string of the molecule is CC(=C=Cc1ccc(C)cc1)CO. The molecule has 0 amide bonds. The van der Waals surface area contributed by atoms with Crippen molar-refractivity contribution in [3.05, 3.63) is 46.7 Å². The zero-order valence-electron chi connectivity index (χ0n) is 8.04. The first-order chi connectivity index (χ1) is 6.22. The molecule has 0 saturated heterocycles. The summed E-state index contributed by atoms with van der Waals surface area (Å²) in [5.74, 6) is 0. The smallest absolute Gasteiger partial charge is 0.0713 e. The molecule has 1 aromatic rings. The molecular formula is C12H14O. The molecule has 13 heavy (non-hydrogen) atoms. The third-order valence-electron chi connectivity index (χ3n) is 1.80. The average Bonchev–Trinajstić information content (AvgIpc) is 2.16. The van der Waals surface area contributed by atoms with Crippen LogP contribution in [-0.4, -0.2) is 11.7 Å². The first kappa shape index (κ1) is 9.79. The summed E-state index contributed by atoms with van der Waals surface area (Å²) in [6, 6.07) is 8.18. The van der Waals surface area contributed by atoms with E-state index in [-0.39, 0.29) is 6.61 Å². The van der Waals surface area contributed by atoms with Crippen LogP contribution in [0.2, 0.25) is 0 Å². The normalized spacial score (nSPS) is 9.15. The highest BCUT2D eigenvalue weighted by Crippen LogP contribution is 2.04. The second-order valence-electron chi connectivity index (χ2n) is 3.14. The van der Waals surface area contributed by atoms with Crippen LogP contribution in [0.3, 0.4) is 0 Å². The van der Waals surface area contributed by atoms with Crippen molar-refractivity contribution in [1.29, 1.82) is 0 Å². The van der Waals surface area contributed by atoms with Crippen molar-refractivity contribution in [3.8, 4) is 0 Å². The highest BCUT2D eigenvalue weighted by atomic mass is 16.3. The van der Waals surface area contributed by atoms with Gasteiger partial charge in [-0.05, 0) is 31.1 Å². The van der Waals surface area contributed by atoms with E-state index in [0.717, 1.165) is 11.1 Å². The van der Waals surface area contributed by atoms with Crippen LogP contribution < -0.4 is 0 Å². The minimum atomic E-state index is 0.0718. The molecule has 0 spiro atoms. The minimum Gasteiger partial charge on any atom is -0.391 e. The van der Waals surface area contributed by atoms with Gasteiger partial charge in [0.15, 0.2) is 0 Å². The Labute approximate surface area is 79.0 Å². The number of hydrogen-bond acceptors (Lipinski definition) is 1. The summed E-state index contributed by atoms with van der Waals surface area (Å²) in [6.07, 6.45) is 1.88. The first-order valence-electron chi connectivity index (χ1n) is 4.32. The molecule has 68 valence electrons. The molecule has 0 unspecified atom stereocenters. The Hall–Kier alpha value is -1.30. The van der Waals surface area contributed by atoms with E-state index >= 15 is 0 Å². The molecule has 0 radical (unpaired) electrons. The van der Waals surface area contributed by atoms with Gasteiger partial charge in [0.25, 0.3) is 0 Å². The molecule has 0 saturated carbocycles. The maximum Gasteiger partial charge on any atom is 0.0713 e. The summed E-state index contributed by atoms with van der Waals surface area (Å²) in [5.41, 5.74) is 6.22. The van der Waals surface area contributed by atoms with E-state index in [4.69, 9.17) is 5.11 Å². The van der Waals surface area contributed by atoms with Gasteiger partial charge in [-0.1, -0.05) is 29.8 Å². The van der Waals surface area contributed by atoms with Gasteiger partial charge in [0.2, 0.25) is 0 Å². The van der Waals surface area contributed by atoms with E-state index in [2.05, 4.69) is 24.8 Å². The number of aryl methyl sites for hydroxylation is 1. The number of hydrogen-bond donors (Lipinski definition) is 1. The fourth-order valence-electron chi connectivity index (χ4n) is 0.915. The van der Waals surface area contributed by atoms with Crippen molar-refractivity contribution in [2.75, 3.05) is 6.61 Å². The molecule has 0 aliphatic heterocycles. The Morgan fingerprint density at radius 1 is 1.38 bits per heavy atom. The number of aliphatic hydroxyl groups excluding tert-OH is 1. The van der Waals surface area contributed by atoms with Crippen molar-refractivity contribution < 1.29 is 5.11 Å². The lowest BCUT2D eigenvalue weighted by Crippen LogP contribution is -1.79. The van der Waals surface area contributed by atoms with Crippen LogP contribution in [0.5, 0.6) is 0 Å². The highest BCUT2D eigenvalue weighted by molar-refractivity contribution is 5.49. The number of benzene rings is 1. The monoisotopic (exact) mass is 174 g/mol. The Morgan fingerprint density at radius 2 is 2.00 bits per heavy atom. The fourth-order valence-corrected chi connectivity index (χ4v) is 0.915. The van der Waals surface area contributed by atoms with E-state index in [1.807, 2.05) is 25.1 Å². The van der Waals surface area contributed by atoms with Gasteiger partial charge < -0.3 is 5.11 Å². The topological polar surface area (TPSA) is 20.2 Å². The average molecular weight is 174 g/mol. The summed E-state index contributed by atoms with van der Waals surface area (Å²) in [6.45, 7) is 3.98. The van der Waals surface area contributed by atoms with Crippen LogP contribution in [0.1, 0.15) is 18.1 Å². The van der Waals surface area contributed by atoms with Gasteiger partial charge in [0.1, 0.15) is 0 Å². The van der Waals surface area contributed by atoms with Crippen LogP contribution in [-0.2, 0) is 0 Å². The summed E-state index contributed by atoms with van der Waals surface area (Å²) in [4.78, 5) is 0. The van der Waals surface area contributed by atoms with E-state index < -0.39 is 0 Å². The van der Waals surface area contributed by atoms with Crippen LogP contribution in [0.4, 0.5) is 0 Å². The van der Waals surface area contributed by atoms with Crippen molar-refractivity contribution in [2.24, 2.45) is 0 Å². The summed E-state index contributed by atoms with van der Waals surface area (Å²) < 4.78 is 0. The van der Waals surface area contributed by atoms with E-state index in [9.17, 15) is 0 Å². The molecule has 0 bridgehead atoms. The van der Waals surface area contributed by atoms with Gasteiger partial charge in [0.05, 0.1) is 6.61 Å². The van der Waals surface area contributed by atoms with Gasteiger partial charge in [0, 0.05) is 0 Å². The van der Waals surface area contributed by atoms with Gasteiger partial charge in [-0.15, -0.1) is 5.73 Å². The molecule has 0 aromatic heterocycles. The number of aliphatic hydroxyl groups is 1. The van der Waals surface area contributed by atoms with Gasteiger partial charge in [-0.25, -0.2) is 0 Å². The second kappa shape index (κ2) is 4.66. The van der Waals surface area contributed by atoms with E-state index in [1.165, 1.54) is 5.56 Å². The van der Waals surface area contributed by atoms with Crippen molar-refractivity contribution in [3.63, 3.8) is 0 Å². The third kappa shape index (κ3) is 3.29. The lowest BCUT2D eigenvalue weighted by Gasteiger charge is -1.92. The second-order valence-corrected chi connectivity index (χ2v) is 3.14. The van der Waals surface area contributed by atoms with Gasteiger partial charge >= 0.3 is 0 Å². The Morgan fingerprint density at radius 3 is 2.54 bits per heavy atom. The quantitative estimate of drug-likeness (QED) is 0.683. The molecule has 1 heteroatoms. The predicted molar refractivity (Wildman–Crippen MR) is 55.4 cm³/mol. The predicted octanol–water partition coefficient (Wildman–Crippen LogP) is 2.55. The molecule has 0 aliphatic carbocycles. The van der Waals surface area contributed by atoms with Crippen LogP contribution in [0.25, 0.3) is 6.08 Å². The fraction of sp³-hybridized carbons (Fsp3) is 0.250. The largest absolute Gasteiger partial charge is 0.391 e. The zero-order chi connectivity index (χ0) is 9.68. The summed E-state index contributed by atoms with van der Waals surface area (Å²) in [7, 11) is 0. The molecule has 1 nitrogen and oxygen atoms in total. The standard InChI is InChI=1S/C12H14O/c1-10-3-6-12(7-4-10)8-5-11(2)9-13/h3-4,6-8,13H,9H2,1-2H3. The minimum absolute atomic E-state index is 0.0718. The lowest BCUT2D eigenvalue weighted by atomic mass is 10.1. The number of rotatable bonds is 2.